The molecule has 0 radical (unpaired) electrons. The monoisotopic (exact) mass is 411 g/mol. The van der Waals surface area contributed by atoms with Gasteiger partial charge in [0, 0.05) is 16.6 Å². The zero-order chi connectivity index (χ0) is 18.4. The van der Waals surface area contributed by atoms with Crippen LogP contribution in [0.1, 0.15) is 25.0 Å². The molecule has 25 heavy (non-hydrogen) atoms. The first kappa shape index (κ1) is 19.7. The summed E-state index contributed by atoms with van der Waals surface area (Å²) in [5.41, 5.74) is 1.49. The van der Waals surface area contributed by atoms with Gasteiger partial charge in [0.15, 0.2) is 11.5 Å². The number of hydrogen-bond acceptors (Lipinski definition) is 4. The normalized spacial score (nSPS) is 11.4. The summed E-state index contributed by atoms with van der Waals surface area (Å²) in [6, 6.07) is 9.93. The van der Waals surface area contributed by atoms with E-state index < -0.39 is 0 Å². The van der Waals surface area contributed by atoms with Crippen LogP contribution in [0, 0.1) is 5.82 Å². The van der Waals surface area contributed by atoms with Crippen molar-refractivity contribution in [3.05, 3.63) is 57.8 Å². The molecular formula is C19H23BrFNO3. The molecule has 0 fully saturated rings. The number of aliphatic hydroxyl groups is 1. The minimum atomic E-state index is -0.371. The van der Waals surface area contributed by atoms with Crippen LogP contribution in [0.3, 0.4) is 0 Å². The van der Waals surface area contributed by atoms with Crippen molar-refractivity contribution < 1.29 is 19.0 Å². The van der Waals surface area contributed by atoms with Gasteiger partial charge in [-0.1, -0.05) is 28.1 Å². The molecule has 0 atom stereocenters. The lowest BCUT2D eigenvalue weighted by atomic mass is 10.1. The van der Waals surface area contributed by atoms with Gasteiger partial charge in [-0.25, -0.2) is 4.39 Å². The van der Waals surface area contributed by atoms with Crippen LogP contribution >= 0.6 is 15.9 Å². The fraction of sp³-hybridized carbons (Fsp3) is 0.368. The van der Waals surface area contributed by atoms with Gasteiger partial charge in [-0.15, -0.1) is 0 Å². The molecule has 0 aliphatic heterocycles. The van der Waals surface area contributed by atoms with Crippen molar-refractivity contribution >= 4 is 15.9 Å². The van der Waals surface area contributed by atoms with Crippen LogP contribution in [-0.2, 0) is 13.2 Å². The van der Waals surface area contributed by atoms with Crippen molar-refractivity contribution in [1.29, 1.82) is 0 Å². The maximum atomic E-state index is 13.0. The Kier molecular flexibility index (Phi) is 6.81. The molecule has 0 aliphatic rings. The highest BCUT2D eigenvalue weighted by Gasteiger charge is 2.17. The summed E-state index contributed by atoms with van der Waals surface area (Å²) in [4.78, 5) is 0. The first-order valence-corrected chi connectivity index (χ1v) is 8.73. The second-order valence-electron chi connectivity index (χ2n) is 6.41. The van der Waals surface area contributed by atoms with Crippen LogP contribution in [0.15, 0.2) is 40.9 Å². The molecule has 2 aromatic rings. The Morgan fingerprint density at radius 2 is 1.84 bits per heavy atom. The molecule has 0 amide bonds. The Morgan fingerprint density at radius 3 is 2.44 bits per heavy atom. The maximum Gasteiger partial charge on any atom is 0.162 e. The summed E-state index contributed by atoms with van der Waals surface area (Å²) in [5.74, 6) is 0.944. The number of hydrogen-bond donors (Lipinski definition) is 2. The highest BCUT2D eigenvalue weighted by molar-refractivity contribution is 9.10. The van der Waals surface area contributed by atoms with E-state index in [4.69, 9.17) is 9.47 Å². The fourth-order valence-electron chi connectivity index (χ4n) is 2.12. The quantitative estimate of drug-likeness (QED) is 0.688. The molecule has 0 spiro atoms. The van der Waals surface area contributed by atoms with E-state index in [0.29, 0.717) is 24.7 Å². The molecule has 0 saturated heterocycles. The first-order valence-electron chi connectivity index (χ1n) is 7.94. The number of nitrogens with one attached hydrogen (secondary N) is 1. The molecule has 4 nitrogen and oxygen atoms in total. The Bertz CT molecular complexity index is 705. The van der Waals surface area contributed by atoms with Crippen molar-refractivity contribution in [2.45, 2.75) is 32.5 Å². The minimum absolute atomic E-state index is 0.0423. The second-order valence-corrected chi connectivity index (χ2v) is 7.26. The van der Waals surface area contributed by atoms with E-state index in [1.807, 2.05) is 26.0 Å². The number of rotatable bonds is 8. The predicted octanol–water partition coefficient (Wildman–Crippen LogP) is 4.04. The van der Waals surface area contributed by atoms with Crippen molar-refractivity contribution in [3.63, 3.8) is 0 Å². The predicted molar refractivity (Wildman–Crippen MR) is 99.4 cm³/mol. The summed E-state index contributed by atoms with van der Waals surface area (Å²) >= 11 is 3.55. The van der Waals surface area contributed by atoms with Gasteiger partial charge in [0.25, 0.3) is 0 Å². The largest absolute Gasteiger partial charge is 0.493 e. The highest BCUT2D eigenvalue weighted by atomic mass is 79.9. The summed E-state index contributed by atoms with van der Waals surface area (Å²) in [6.07, 6.45) is 0. The van der Waals surface area contributed by atoms with Crippen molar-refractivity contribution in [2.75, 3.05) is 13.7 Å². The highest BCUT2D eigenvalue weighted by Crippen LogP contribution is 2.34. The topological polar surface area (TPSA) is 50.7 Å². The van der Waals surface area contributed by atoms with Gasteiger partial charge >= 0.3 is 0 Å². The number of methoxy groups -OCH3 is 1. The summed E-state index contributed by atoms with van der Waals surface area (Å²) in [6.45, 7) is 4.79. The molecule has 2 N–H and O–H groups in total. The van der Waals surface area contributed by atoms with Crippen molar-refractivity contribution in [2.24, 2.45) is 0 Å². The molecule has 136 valence electrons. The molecule has 0 aliphatic carbocycles. The zero-order valence-corrected chi connectivity index (χ0v) is 16.2. The molecule has 0 aromatic heterocycles. The third-order valence-electron chi connectivity index (χ3n) is 3.79. The van der Waals surface area contributed by atoms with Gasteiger partial charge < -0.3 is 19.9 Å². The lowest BCUT2D eigenvalue weighted by molar-refractivity contribution is 0.187. The third kappa shape index (κ3) is 5.70. The lowest BCUT2D eigenvalue weighted by Gasteiger charge is -2.24. The first-order chi connectivity index (χ1) is 11.8. The number of halogens is 2. The van der Waals surface area contributed by atoms with E-state index in [2.05, 4.69) is 21.2 Å². The van der Waals surface area contributed by atoms with Gasteiger partial charge in [0.2, 0.25) is 0 Å². The number of benzene rings is 2. The van der Waals surface area contributed by atoms with Crippen LogP contribution in [0.25, 0.3) is 0 Å². The van der Waals surface area contributed by atoms with Crippen LogP contribution in [-0.4, -0.2) is 24.4 Å². The fourth-order valence-corrected chi connectivity index (χ4v) is 2.58. The van der Waals surface area contributed by atoms with E-state index in [1.54, 1.807) is 19.2 Å². The van der Waals surface area contributed by atoms with E-state index in [-0.39, 0.29) is 18.0 Å². The molecule has 0 heterocycles. The molecular weight excluding hydrogens is 389 g/mol. The molecule has 6 heteroatoms. The van der Waals surface area contributed by atoms with Gasteiger partial charge in [0.05, 0.1) is 13.7 Å². The average Bonchev–Trinajstić information content (AvgIpc) is 2.60. The smallest absolute Gasteiger partial charge is 0.162 e. The summed E-state index contributed by atoms with van der Waals surface area (Å²) in [7, 11) is 1.59. The van der Waals surface area contributed by atoms with Crippen LogP contribution in [0.5, 0.6) is 11.5 Å². The molecule has 0 unspecified atom stereocenters. The minimum Gasteiger partial charge on any atom is -0.493 e. The number of ether oxygens (including phenoxy) is 2. The van der Waals surface area contributed by atoms with Gasteiger partial charge in [-0.3, -0.25) is 0 Å². The van der Waals surface area contributed by atoms with E-state index in [9.17, 15) is 9.50 Å². The molecule has 0 bridgehead atoms. The van der Waals surface area contributed by atoms with Gasteiger partial charge in [0.1, 0.15) is 12.4 Å². The van der Waals surface area contributed by atoms with Crippen molar-refractivity contribution in [1.82, 2.24) is 5.32 Å². The van der Waals surface area contributed by atoms with Crippen LogP contribution in [0.2, 0.25) is 0 Å². The van der Waals surface area contributed by atoms with E-state index in [0.717, 1.165) is 15.6 Å². The summed E-state index contributed by atoms with van der Waals surface area (Å²) in [5, 5.41) is 12.6. The molecule has 0 saturated carbocycles. The second kappa shape index (κ2) is 8.65. The van der Waals surface area contributed by atoms with Crippen LogP contribution in [0.4, 0.5) is 4.39 Å². The Morgan fingerprint density at radius 1 is 1.16 bits per heavy atom. The summed E-state index contributed by atoms with van der Waals surface area (Å²) < 4.78 is 25.1. The zero-order valence-electron chi connectivity index (χ0n) is 14.6. The van der Waals surface area contributed by atoms with Crippen LogP contribution < -0.4 is 14.8 Å². The average molecular weight is 412 g/mol. The van der Waals surface area contributed by atoms with Crippen molar-refractivity contribution in [3.8, 4) is 11.5 Å². The standard InChI is InChI=1S/C19H23BrFNO3/c1-19(2,12-23)22-10-14-8-17(24-3)18(9-16(14)20)25-11-13-4-6-15(21)7-5-13/h4-9,22-23H,10-12H2,1-3H3. The van der Waals surface area contributed by atoms with Gasteiger partial charge in [-0.2, -0.15) is 0 Å². The molecule has 2 aromatic carbocycles. The number of aliphatic hydroxyl groups excluding tert-OH is 1. The Hall–Kier alpha value is -1.63. The third-order valence-corrected chi connectivity index (χ3v) is 4.53. The van der Waals surface area contributed by atoms with Gasteiger partial charge in [-0.05, 0) is 49.2 Å². The van der Waals surface area contributed by atoms with E-state index in [1.165, 1.54) is 12.1 Å². The van der Waals surface area contributed by atoms with E-state index >= 15 is 0 Å². The lowest BCUT2D eigenvalue weighted by Crippen LogP contribution is -2.42. The maximum absolute atomic E-state index is 13.0. The molecule has 2 rings (SSSR count). The Labute approximate surface area is 156 Å². The SMILES string of the molecule is COc1cc(CNC(C)(C)CO)c(Br)cc1OCc1ccc(F)cc1. The Balaban J connectivity index is 2.11.